The maximum Gasteiger partial charge on any atom is 0.257 e. The lowest BCUT2D eigenvalue weighted by molar-refractivity contribution is -0.121. The smallest absolute Gasteiger partial charge is 0.257 e. The first-order chi connectivity index (χ1) is 12.1. The van der Waals surface area contributed by atoms with Crippen LogP contribution in [0.5, 0.6) is 0 Å². The van der Waals surface area contributed by atoms with Gasteiger partial charge in [0.05, 0.1) is 23.4 Å². The van der Waals surface area contributed by atoms with E-state index in [0.29, 0.717) is 18.7 Å². The number of likely N-dealkylation sites (tertiary alicyclic amines) is 1. The van der Waals surface area contributed by atoms with Crippen LogP contribution in [0.4, 0.5) is 5.69 Å². The highest BCUT2D eigenvalue weighted by atomic mass is 16.2. The molecule has 132 valence electrons. The van der Waals surface area contributed by atoms with Crippen LogP contribution in [-0.4, -0.2) is 39.6 Å². The molecular formula is C19H24N4O2. The Morgan fingerprint density at radius 3 is 2.76 bits per heavy atom. The van der Waals surface area contributed by atoms with Crippen LogP contribution in [0.3, 0.4) is 0 Å². The van der Waals surface area contributed by atoms with Gasteiger partial charge in [0.25, 0.3) is 5.91 Å². The lowest BCUT2D eigenvalue weighted by Crippen LogP contribution is -2.44. The van der Waals surface area contributed by atoms with Crippen molar-refractivity contribution in [3.63, 3.8) is 0 Å². The summed E-state index contributed by atoms with van der Waals surface area (Å²) in [5, 5.41) is 7.15. The van der Waals surface area contributed by atoms with Crippen molar-refractivity contribution < 1.29 is 9.59 Å². The third-order valence-electron chi connectivity index (χ3n) is 4.75. The van der Waals surface area contributed by atoms with Gasteiger partial charge in [-0.3, -0.25) is 14.3 Å². The third-order valence-corrected chi connectivity index (χ3v) is 4.75. The van der Waals surface area contributed by atoms with Crippen LogP contribution in [0.1, 0.15) is 35.8 Å². The molecule has 25 heavy (non-hydrogen) atoms. The standard InChI is InChI=1S/C19H24N4O2/c1-3-17-16(12-20-22(17)2)19(25)23-11-7-8-14(13-23)18(24)21-15-9-5-4-6-10-15/h4-6,9-10,12,14H,3,7-8,11,13H2,1-2H3,(H,21,24)/t14-/m0/s1. The van der Waals surface area contributed by atoms with Crippen LogP contribution in [0.25, 0.3) is 0 Å². The average Bonchev–Trinajstić information content (AvgIpc) is 3.02. The lowest BCUT2D eigenvalue weighted by Gasteiger charge is -2.32. The Morgan fingerprint density at radius 1 is 1.28 bits per heavy atom. The van der Waals surface area contributed by atoms with Crippen molar-refractivity contribution in [2.45, 2.75) is 26.2 Å². The van der Waals surface area contributed by atoms with Crippen LogP contribution < -0.4 is 5.32 Å². The van der Waals surface area contributed by atoms with E-state index in [1.54, 1.807) is 15.8 Å². The lowest BCUT2D eigenvalue weighted by atomic mass is 9.96. The molecule has 1 atom stereocenters. The van der Waals surface area contributed by atoms with Crippen molar-refractivity contribution in [3.8, 4) is 0 Å². The number of anilines is 1. The van der Waals surface area contributed by atoms with Crippen molar-refractivity contribution >= 4 is 17.5 Å². The first kappa shape index (κ1) is 17.2. The van der Waals surface area contributed by atoms with Crippen molar-refractivity contribution in [1.29, 1.82) is 0 Å². The summed E-state index contributed by atoms with van der Waals surface area (Å²) < 4.78 is 1.75. The summed E-state index contributed by atoms with van der Waals surface area (Å²) in [7, 11) is 1.85. The van der Waals surface area contributed by atoms with Gasteiger partial charge < -0.3 is 10.2 Å². The molecule has 6 heteroatoms. The number of hydrogen-bond acceptors (Lipinski definition) is 3. The number of rotatable bonds is 4. The Labute approximate surface area is 147 Å². The van der Waals surface area contributed by atoms with Gasteiger partial charge in [-0.05, 0) is 31.4 Å². The number of nitrogens with zero attached hydrogens (tertiary/aromatic N) is 3. The van der Waals surface area contributed by atoms with Crippen LogP contribution in [0.2, 0.25) is 0 Å². The number of carbonyl (C=O) groups is 2. The molecule has 2 amide bonds. The molecule has 0 bridgehead atoms. The summed E-state index contributed by atoms with van der Waals surface area (Å²) in [5.41, 5.74) is 2.37. The number of amides is 2. The number of aryl methyl sites for hydroxylation is 1. The van der Waals surface area contributed by atoms with Crippen molar-refractivity contribution in [1.82, 2.24) is 14.7 Å². The van der Waals surface area contributed by atoms with E-state index in [1.165, 1.54) is 0 Å². The van der Waals surface area contributed by atoms with Crippen LogP contribution in [0.15, 0.2) is 36.5 Å². The maximum absolute atomic E-state index is 12.9. The van der Waals surface area contributed by atoms with Gasteiger partial charge in [-0.25, -0.2) is 0 Å². The highest BCUT2D eigenvalue weighted by Crippen LogP contribution is 2.21. The Hall–Kier alpha value is -2.63. The minimum Gasteiger partial charge on any atom is -0.338 e. The molecule has 1 fully saturated rings. The second-order valence-electron chi connectivity index (χ2n) is 6.43. The van der Waals surface area contributed by atoms with E-state index in [1.807, 2.05) is 44.3 Å². The molecule has 1 aromatic heterocycles. The zero-order valence-electron chi connectivity index (χ0n) is 14.7. The Morgan fingerprint density at radius 2 is 2.04 bits per heavy atom. The van der Waals surface area contributed by atoms with Crippen LogP contribution >= 0.6 is 0 Å². The number of benzene rings is 1. The number of aromatic nitrogens is 2. The summed E-state index contributed by atoms with van der Waals surface area (Å²) in [6, 6.07) is 9.43. The number of carbonyl (C=O) groups excluding carboxylic acids is 2. The molecule has 1 aromatic carbocycles. The van der Waals surface area contributed by atoms with E-state index in [4.69, 9.17) is 0 Å². The second kappa shape index (κ2) is 7.51. The van der Waals surface area contributed by atoms with E-state index >= 15 is 0 Å². The molecule has 0 saturated carbocycles. The fourth-order valence-electron chi connectivity index (χ4n) is 3.37. The van der Waals surface area contributed by atoms with Gasteiger partial charge in [0.2, 0.25) is 5.91 Å². The fourth-order valence-corrected chi connectivity index (χ4v) is 3.37. The van der Waals surface area contributed by atoms with Gasteiger partial charge >= 0.3 is 0 Å². The second-order valence-corrected chi connectivity index (χ2v) is 6.43. The molecule has 2 heterocycles. The van der Waals surface area contributed by atoms with Gasteiger partial charge in [-0.1, -0.05) is 25.1 Å². The van der Waals surface area contributed by atoms with E-state index in [-0.39, 0.29) is 17.7 Å². The maximum atomic E-state index is 12.9. The molecule has 3 rings (SSSR count). The van der Waals surface area contributed by atoms with E-state index in [0.717, 1.165) is 30.6 Å². The predicted octanol–water partition coefficient (Wildman–Crippen LogP) is 2.47. The number of para-hydroxylation sites is 1. The normalized spacial score (nSPS) is 17.4. The minimum absolute atomic E-state index is 0.0226. The predicted molar refractivity (Wildman–Crippen MR) is 96.3 cm³/mol. The van der Waals surface area contributed by atoms with E-state index < -0.39 is 0 Å². The molecule has 6 nitrogen and oxygen atoms in total. The largest absolute Gasteiger partial charge is 0.338 e. The summed E-state index contributed by atoms with van der Waals surface area (Å²) in [6.45, 7) is 3.15. The molecule has 1 N–H and O–H groups in total. The molecule has 0 radical (unpaired) electrons. The van der Waals surface area contributed by atoms with Crippen molar-refractivity contribution in [2.24, 2.45) is 13.0 Å². The summed E-state index contributed by atoms with van der Waals surface area (Å²) in [5.74, 6) is -0.229. The van der Waals surface area contributed by atoms with Crippen molar-refractivity contribution in [3.05, 3.63) is 47.8 Å². The van der Waals surface area contributed by atoms with Gasteiger partial charge in [0.1, 0.15) is 0 Å². The monoisotopic (exact) mass is 340 g/mol. The molecule has 0 spiro atoms. The van der Waals surface area contributed by atoms with E-state index in [9.17, 15) is 9.59 Å². The Kier molecular flexibility index (Phi) is 5.16. The fraction of sp³-hybridized carbons (Fsp3) is 0.421. The summed E-state index contributed by atoms with van der Waals surface area (Å²) in [6.07, 6.45) is 4.02. The highest BCUT2D eigenvalue weighted by molar-refractivity contribution is 5.97. The molecule has 1 saturated heterocycles. The number of nitrogens with one attached hydrogen (secondary N) is 1. The van der Waals surface area contributed by atoms with Crippen LogP contribution in [-0.2, 0) is 18.3 Å². The molecule has 1 aliphatic rings. The molecule has 0 aliphatic carbocycles. The Balaban J connectivity index is 1.68. The Bertz CT molecular complexity index is 754. The molecule has 0 unspecified atom stereocenters. The van der Waals surface area contributed by atoms with Gasteiger partial charge in [-0.15, -0.1) is 0 Å². The zero-order valence-corrected chi connectivity index (χ0v) is 14.7. The van der Waals surface area contributed by atoms with E-state index in [2.05, 4.69) is 10.4 Å². The average molecular weight is 340 g/mol. The molecular weight excluding hydrogens is 316 g/mol. The quantitative estimate of drug-likeness (QED) is 0.930. The molecule has 2 aromatic rings. The highest BCUT2D eigenvalue weighted by Gasteiger charge is 2.30. The first-order valence-corrected chi connectivity index (χ1v) is 8.76. The third kappa shape index (κ3) is 3.73. The SMILES string of the molecule is CCc1c(C(=O)N2CCC[C@H](C(=O)Nc3ccccc3)C2)cnn1C. The summed E-state index contributed by atoms with van der Waals surface area (Å²) >= 11 is 0. The minimum atomic E-state index is -0.181. The number of piperidine rings is 1. The van der Waals surface area contributed by atoms with Crippen molar-refractivity contribution in [2.75, 3.05) is 18.4 Å². The zero-order chi connectivity index (χ0) is 17.8. The van der Waals surface area contributed by atoms with Gasteiger partial charge in [-0.2, -0.15) is 5.10 Å². The van der Waals surface area contributed by atoms with Gasteiger partial charge in [0.15, 0.2) is 0 Å². The number of hydrogen-bond donors (Lipinski definition) is 1. The summed E-state index contributed by atoms with van der Waals surface area (Å²) in [4.78, 5) is 27.2. The van der Waals surface area contributed by atoms with Gasteiger partial charge in [0, 0.05) is 25.8 Å². The topological polar surface area (TPSA) is 67.2 Å². The first-order valence-electron chi connectivity index (χ1n) is 8.76. The molecule has 1 aliphatic heterocycles. The van der Waals surface area contributed by atoms with Crippen LogP contribution in [0, 0.1) is 5.92 Å².